The summed E-state index contributed by atoms with van der Waals surface area (Å²) in [5, 5.41) is 11.8. The molecule has 0 aromatic carbocycles. The standard InChI is InChI=1S/C14H19F3N6S/c1-2-18-13(20-7-9-23-8-3-5-21-23)19-6-4-12-22-11(10-24-12)14(15,16)17/h3,5,8,10H,2,4,6-7,9H2,1H3,(H2,18,19,20). The van der Waals surface area contributed by atoms with Crippen molar-refractivity contribution in [2.24, 2.45) is 4.99 Å². The average molecular weight is 360 g/mol. The van der Waals surface area contributed by atoms with Gasteiger partial charge in [0.2, 0.25) is 0 Å². The van der Waals surface area contributed by atoms with Crippen LogP contribution in [-0.2, 0) is 19.1 Å². The summed E-state index contributed by atoms with van der Waals surface area (Å²) in [5.41, 5.74) is -0.837. The summed E-state index contributed by atoms with van der Waals surface area (Å²) in [6.45, 7) is 4.34. The van der Waals surface area contributed by atoms with Crippen LogP contribution in [0.2, 0.25) is 0 Å². The van der Waals surface area contributed by atoms with Crippen molar-refractivity contribution in [2.45, 2.75) is 26.1 Å². The van der Waals surface area contributed by atoms with E-state index in [-0.39, 0.29) is 0 Å². The number of hydrogen-bond acceptors (Lipinski definition) is 4. The van der Waals surface area contributed by atoms with E-state index < -0.39 is 11.9 Å². The molecule has 0 amide bonds. The molecule has 2 aromatic heterocycles. The maximum absolute atomic E-state index is 12.5. The summed E-state index contributed by atoms with van der Waals surface area (Å²) in [4.78, 5) is 7.94. The Labute approximate surface area is 141 Å². The molecule has 0 radical (unpaired) electrons. The lowest BCUT2D eigenvalue weighted by molar-refractivity contribution is -0.140. The normalized spacial score (nSPS) is 12.4. The van der Waals surface area contributed by atoms with Gasteiger partial charge in [-0.15, -0.1) is 11.3 Å². The van der Waals surface area contributed by atoms with Crippen LogP contribution in [0.4, 0.5) is 13.2 Å². The van der Waals surface area contributed by atoms with Crippen molar-refractivity contribution in [3.05, 3.63) is 34.5 Å². The van der Waals surface area contributed by atoms with Gasteiger partial charge in [0, 0.05) is 43.8 Å². The van der Waals surface area contributed by atoms with Crippen molar-refractivity contribution in [3.8, 4) is 0 Å². The Bertz CT molecular complexity index is 635. The minimum Gasteiger partial charge on any atom is -0.357 e. The van der Waals surface area contributed by atoms with E-state index in [1.165, 1.54) is 0 Å². The molecule has 2 heterocycles. The summed E-state index contributed by atoms with van der Waals surface area (Å²) in [6, 6.07) is 1.85. The van der Waals surface area contributed by atoms with Gasteiger partial charge in [-0.2, -0.15) is 18.3 Å². The third kappa shape index (κ3) is 5.84. The fourth-order valence-electron chi connectivity index (χ4n) is 1.88. The molecule has 0 aliphatic heterocycles. The van der Waals surface area contributed by atoms with Crippen LogP contribution in [0.5, 0.6) is 0 Å². The number of aliphatic imine (C=N–C) groups is 1. The van der Waals surface area contributed by atoms with Gasteiger partial charge >= 0.3 is 6.18 Å². The predicted octanol–water partition coefficient (Wildman–Crippen LogP) is 2.16. The zero-order valence-electron chi connectivity index (χ0n) is 13.2. The second-order valence-corrected chi connectivity index (χ2v) is 5.77. The van der Waals surface area contributed by atoms with E-state index in [4.69, 9.17) is 0 Å². The topological polar surface area (TPSA) is 67.1 Å². The fourth-order valence-corrected chi connectivity index (χ4v) is 2.68. The minimum atomic E-state index is -4.39. The lowest BCUT2D eigenvalue weighted by atomic mass is 10.4. The molecule has 132 valence electrons. The number of aromatic nitrogens is 3. The first kappa shape index (κ1) is 18.2. The summed E-state index contributed by atoms with van der Waals surface area (Å²) in [7, 11) is 0. The number of guanidine groups is 1. The molecule has 2 aromatic rings. The van der Waals surface area contributed by atoms with Crippen LogP contribution >= 0.6 is 11.3 Å². The minimum absolute atomic E-state index is 0.363. The number of halogens is 3. The number of hydrogen-bond donors (Lipinski definition) is 2. The molecule has 0 aliphatic carbocycles. The van der Waals surface area contributed by atoms with Crippen molar-refractivity contribution in [3.63, 3.8) is 0 Å². The summed E-state index contributed by atoms with van der Waals surface area (Å²) >= 11 is 1.00. The first-order valence-electron chi connectivity index (χ1n) is 7.50. The van der Waals surface area contributed by atoms with E-state index in [0.29, 0.717) is 43.6 Å². The monoisotopic (exact) mass is 360 g/mol. The van der Waals surface area contributed by atoms with Crippen LogP contribution < -0.4 is 10.6 Å². The lowest BCUT2D eigenvalue weighted by Gasteiger charge is -2.11. The molecule has 0 atom stereocenters. The van der Waals surface area contributed by atoms with Crippen LogP contribution in [0.25, 0.3) is 0 Å². The van der Waals surface area contributed by atoms with Crippen LogP contribution in [0.1, 0.15) is 17.6 Å². The number of thiazole rings is 1. The highest BCUT2D eigenvalue weighted by Gasteiger charge is 2.33. The number of alkyl halides is 3. The first-order chi connectivity index (χ1) is 11.5. The third-order valence-electron chi connectivity index (χ3n) is 2.97. The molecule has 24 heavy (non-hydrogen) atoms. The Balaban J connectivity index is 1.80. The third-order valence-corrected chi connectivity index (χ3v) is 3.88. The molecule has 2 N–H and O–H groups in total. The van der Waals surface area contributed by atoms with Crippen LogP contribution in [-0.4, -0.2) is 40.4 Å². The Morgan fingerprint density at radius 2 is 2.21 bits per heavy atom. The van der Waals surface area contributed by atoms with Gasteiger partial charge < -0.3 is 10.6 Å². The molecular formula is C14H19F3N6S. The van der Waals surface area contributed by atoms with Gasteiger partial charge in [0.05, 0.1) is 11.6 Å². The Morgan fingerprint density at radius 3 is 2.83 bits per heavy atom. The summed E-state index contributed by atoms with van der Waals surface area (Å²) in [5.74, 6) is 0.622. The zero-order valence-corrected chi connectivity index (χ0v) is 14.0. The number of rotatable bonds is 7. The maximum atomic E-state index is 12.5. The molecular weight excluding hydrogens is 341 g/mol. The van der Waals surface area contributed by atoms with Gasteiger partial charge in [-0.25, -0.2) is 4.98 Å². The van der Waals surface area contributed by atoms with Crippen molar-refractivity contribution >= 4 is 17.3 Å². The highest BCUT2D eigenvalue weighted by atomic mass is 32.1. The number of nitrogens with zero attached hydrogens (tertiary/aromatic N) is 4. The second kappa shape index (κ2) is 8.67. The van der Waals surface area contributed by atoms with Gasteiger partial charge in [0.25, 0.3) is 0 Å². The van der Waals surface area contributed by atoms with Gasteiger partial charge in [-0.1, -0.05) is 0 Å². The predicted molar refractivity (Wildman–Crippen MR) is 87.0 cm³/mol. The van der Waals surface area contributed by atoms with Crippen LogP contribution in [0.3, 0.4) is 0 Å². The van der Waals surface area contributed by atoms with E-state index in [9.17, 15) is 13.2 Å². The lowest BCUT2D eigenvalue weighted by Crippen LogP contribution is -2.39. The molecule has 2 rings (SSSR count). The van der Waals surface area contributed by atoms with Crippen molar-refractivity contribution < 1.29 is 13.2 Å². The Hall–Kier alpha value is -2.10. The fraction of sp³-hybridized carbons (Fsp3) is 0.500. The second-order valence-electron chi connectivity index (χ2n) is 4.83. The quantitative estimate of drug-likeness (QED) is 0.587. The molecule has 6 nitrogen and oxygen atoms in total. The highest BCUT2D eigenvalue weighted by Crippen LogP contribution is 2.30. The molecule has 0 spiro atoms. The van der Waals surface area contributed by atoms with Crippen LogP contribution in [0, 0.1) is 0 Å². The molecule has 0 unspecified atom stereocenters. The van der Waals surface area contributed by atoms with Gasteiger partial charge in [-0.05, 0) is 13.0 Å². The highest BCUT2D eigenvalue weighted by molar-refractivity contribution is 7.09. The smallest absolute Gasteiger partial charge is 0.357 e. The van der Waals surface area contributed by atoms with E-state index in [0.717, 1.165) is 16.7 Å². The first-order valence-corrected chi connectivity index (χ1v) is 8.38. The zero-order chi connectivity index (χ0) is 17.4. The van der Waals surface area contributed by atoms with E-state index in [2.05, 4.69) is 25.7 Å². The molecule has 0 bridgehead atoms. The molecule has 0 fully saturated rings. The SMILES string of the molecule is CCNC(=NCCc1nc(C(F)(F)F)cs1)NCCn1cccn1. The summed E-state index contributed by atoms with van der Waals surface area (Å²) < 4.78 is 39.3. The number of nitrogens with one attached hydrogen (secondary N) is 2. The molecule has 0 aliphatic rings. The Kier molecular flexibility index (Phi) is 6.59. The van der Waals surface area contributed by atoms with Gasteiger partial charge in [-0.3, -0.25) is 9.67 Å². The van der Waals surface area contributed by atoms with E-state index in [1.54, 1.807) is 10.9 Å². The summed E-state index contributed by atoms with van der Waals surface area (Å²) in [6.07, 6.45) is -0.438. The van der Waals surface area contributed by atoms with E-state index in [1.807, 2.05) is 19.2 Å². The van der Waals surface area contributed by atoms with Crippen molar-refractivity contribution in [1.82, 2.24) is 25.4 Å². The average Bonchev–Trinajstić information content (AvgIpc) is 3.18. The van der Waals surface area contributed by atoms with E-state index >= 15 is 0 Å². The van der Waals surface area contributed by atoms with Crippen molar-refractivity contribution in [2.75, 3.05) is 19.6 Å². The largest absolute Gasteiger partial charge is 0.434 e. The molecule has 10 heteroatoms. The molecule has 0 saturated heterocycles. The maximum Gasteiger partial charge on any atom is 0.434 e. The molecule has 0 saturated carbocycles. The van der Waals surface area contributed by atoms with Crippen molar-refractivity contribution in [1.29, 1.82) is 0 Å². The Morgan fingerprint density at radius 1 is 1.38 bits per heavy atom. The van der Waals surface area contributed by atoms with Gasteiger partial charge in [0.1, 0.15) is 0 Å². The van der Waals surface area contributed by atoms with Crippen LogP contribution in [0.15, 0.2) is 28.8 Å². The van der Waals surface area contributed by atoms with Gasteiger partial charge in [0.15, 0.2) is 11.7 Å².